The van der Waals surface area contributed by atoms with E-state index in [1.54, 1.807) is 0 Å². The highest BCUT2D eigenvalue weighted by molar-refractivity contribution is 7.47. The van der Waals surface area contributed by atoms with Gasteiger partial charge in [-0.15, -0.1) is 0 Å². The Hall–Kier alpha value is -4.05. The van der Waals surface area contributed by atoms with E-state index in [1.807, 2.05) is 0 Å². The molecule has 5 unspecified atom stereocenters. The SMILES string of the molecule is CC/C=C\C/C=C\C/C=C\C/C=C\C/C=C\CCCCCCCCCCCC(=O)OCC(O)COP(=O)(O)OCC(O)COP(=O)(O)OCC(COC(=O)CCCCCCCCCCC/C=C\C/C=C\C/C=C\C/C=C\CCCCC)OC(=O)CCCCCCC/C=C\CCCCCC. The van der Waals surface area contributed by atoms with Crippen molar-refractivity contribution in [3.8, 4) is 0 Å². The zero-order valence-electron chi connectivity index (χ0n) is 62.1. The molecule has 570 valence electrons. The third-order valence-corrected chi connectivity index (χ3v) is 18.0. The molecule has 0 aromatic carbocycles. The van der Waals surface area contributed by atoms with Crippen LogP contribution in [0.5, 0.6) is 0 Å². The molecule has 0 aliphatic heterocycles. The van der Waals surface area contributed by atoms with Crippen molar-refractivity contribution in [2.45, 2.75) is 334 Å². The van der Waals surface area contributed by atoms with Gasteiger partial charge in [0.2, 0.25) is 0 Å². The first-order chi connectivity index (χ1) is 48.2. The van der Waals surface area contributed by atoms with E-state index in [4.69, 9.17) is 32.3 Å². The second kappa shape index (κ2) is 73.7. The lowest BCUT2D eigenvalue weighted by Gasteiger charge is -2.21. The highest BCUT2D eigenvalue weighted by Gasteiger charge is 2.29. The monoisotopic (exact) mass is 1430 g/mol. The lowest BCUT2D eigenvalue weighted by atomic mass is 10.1. The Balaban J connectivity index is 4.56. The van der Waals surface area contributed by atoms with Crippen LogP contribution in [0.2, 0.25) is 0 Å². The molecule has 18 heteroatoms. The number of rotatable bonds is 73. The number of unbranched alkanes of at least 4 members (excludes halogenated alkanes) is 30. The van der Waals surface area contributed by atoms with Gasteiger partial charge in [-0.3, -0.25) is 32.5 Å². The minimum Gasteiger partial charge on any atom is -0.463 e. The molecular formula is C81H140O16P2. The Labute approximate surface area is 602 Å². The molecule has 16 nitrogen and oxygen atoms in total. The summed E-state index contributed by atoms with van der Waals surface area (Å²) in [6.07, 6.45) is 86.7. The smallest absolute Gasteiger partial charge is 0.463 e. The lowest BCUT2D eigenvalue weighted by Crippen LogP contribution is -2.30. The number of carbonyl (C=O) groups is 3. The Kier molecular flexibility index (Phi) is 70.7. The van der Waals surface area contributed by atoms with Crippen molar-refractivity contribution in [2.75, 3.05) is 39.6 Å². The van der Waals surface area contributed by atoms with E-state index < -0.39 is 91.5 Å². The molecule has 0 heterocycles. The van der Waals surface area contributed by atoms with Gasteiger partial charge >= 0.3 is 33.6 Å². The van der Waals surface area contributed by atoms with Crippen molar-refractivity contribution < 1.29 is 75.8 Å². The fraction of sp³-hybridized carbons (Fsp3) is 0.716. The van der Waals surface area contributed by atoms with E-state index in [0.29, 0.717) is 19.3 Å². The van der Waals surface area contributed by atoms with Crippen LogP contribution in [-0.2, 0) is 55.8 Å². The van der Waals surface area contributed by atoms with Gasteiger partial charge < -0.3 is 34.2 Å². The first-order valence-electron chi connectivity index (χ1n) is 38.8. The third kappa shape index (κ3) is 74.9. The fourth-order valence-corrected chi connectivity index (χ4v) is 11.8. The topological polar surface area (TPSA) is 231 Å². The molecule has 0 amide bonds. The largest absolute Gasteiger partial charge is 0.472 e. The van der Waals surface area contributed by atoms with Crippen LogP contribution in [0.25, 0.3) is 0 Å². The molecule has 0 aliphatic carbocycles. The summed E-state index contributed by atoms with van der Waals surface area (Å²) in [6.45, 7) is 2.51. The van der Waals surface area contributed by atoms with Gasteiger partial charge in [-0.1, -0.05) is 284 Å². The summed E-state index contributed by atoms with van der Waals surface area (Å²) in [6, 6.07) is 0. The molecule has 99 heavy (non-hydrogen) atoms. The number of hydrogen-bond acceptors (Lipinski definition) is 14. The summed E-state index contributed by atoms with van der Waals surface area (Å²) in [5.74, 6) is -1.59. The summed E-state index contributed by atoms with van der Waals surface area (Å²) in [5, 5.41) is 20.6. The number of carbonyl (C=O) groups excluding carboxylic acids is 3. The zero-order valence-corrected chi connectivity index (χ0v) is 63.9. The molecule has 5 atom stereocenters. The van der Waals surface area contributed by atoms with Crippen molar-refractivity contribution in [1.29, 1.82) is 0 Å². The third-order valence-electron chi connectivity index (χ3n) is 16.1. The van der Waals surface area contributed by atoms with E-state index >= 15 is 0 Å². The van der Waals surface area contributed by atoms with Crippen LogP contribution in [0.15, 0.2) is 122 Å². The van der Waals surface area contributed by atoms with E-state index in [2.05, 4.69) is 142 Å². The number of phosphoric acid groups is 2. The first-order valence-corrected chi connectivity index (χ1v) is 41.8. The van der Waals surface area contributed by atoms with E-state index in [9.17, 15) is 43.5 Å². The van der Waals surface area contributed by atoms with Crippen LogP contribution in [0.1, 0.15) is 316 Å². The molecule has 0 rings (SSSR count). The quantitative estimate of drug-likeness (QED) is 0.0146. The van der Waals surface area contributed by atoms with Crippen LogP contribution >= 0.6 is 15.6 Å². The number of allylic oxidation sites excluding steroid dienone is 20. The average molecular weight is 1430 g/mol. The maximum atomic E-state index is 12.9. The molecule has 0 bridgehead atoms. The van der Waals surface area contributed by atoms with Crippen LogP contribution in [-0.4, -0.2) is 95.9 Å². The first kappa shape index (κ1) is 94.9. The lowest BCUT2D eigenvalue weighted by molar-refractivity contribution is -0.161. The Morgan fingerprint density at radius 3 is 0.879 bits per heavy atom. The number of phosphoric ester groups is 2. The molecule has 0 radical (unpaired) electrons. The van der Waals surface area contributed by atoms with Gasteiger partial charge in [-0.25, -0.2) is 9.13 Å². The molecule has 0 aromatic rings. The molecule has 0 aromatic heterocycles. The van der Waals surface area contributed by atoms with Gasteiger partial charge in [0.1, 0.15) is 25.4 Å². The van der Waals surface area contributed by atoms with Crippen molar-refractivity contribution in [2.24, 2.45) is 0 Å². The summed E-state index contributed by atoms with van der Waals surface area (Å²) in [7, 11) is -9.79. The summed E-state index contributed by atoms with van der Waals surface area (Å²) in [5.41, 5.74) is 0. The molecule has 0 aliphatic rings. The Morgan fingerprint density at radius 1 is 0.293 bits per heavy atom. The number of hydrogen-bond donors (Lipinski definition) is 4. The number of aliphatic hydroxyl groups is 2. The van der Waals surface area contributed by atoms with Crippen LogP contribution in [0, 0.1) is 0 Å². The van der Waals surface area contributed by atoms with Crippen LogP contribution < -0.4 is 0 Å². The minimum atomic E-state index is -4.93. The van der Waals surface area contributed by atoms with E-state index in [0.717, 1.165) is 154 Å². The van der Waals surface area contributed by atoms with E-state index in [1.165, 1.54) is 103 Å². The van der Waals surface area contributed by atoms with Crippen molar-refractivity contribution in [3.63, 3.8) is 0 Å². The standard InChI is InChI=1S/C81H140O16P2/c1-4-7-10-13-16-19-22-25-27-29-31-33-35-37-39-41-43-45-47-50-52-55-58-61-64-67-79(84)91-70-76(82)71-93-98(87,88)94-72-77(83)73-95-99(89,90)96-75-78(97-81(86)69-66-63-60-57-54-49-24-21-18-15-12-9-6-3)74-92-80(85)68-65-62-59-56-53-51-48-46-44-42-40-38-36-34-32-30-28-26-23-20-17-14-11-8-5-2/h7,10,16-17,19-21,24-28,31-34,37-40,76-78,82-83H,4-6,8-9,11-15,18,22-23,29-30,35-36,41-75H2,1-3H3,(H,87,88)(H,89,90)/b10-7-,19-16-,20-17-,24-21-,27-25-,28-26-,33-31-,34-32-,39-37-,40-38-. The maximum absolute atomic E-state index is 12.9. The summed E-state index contributed by atoms with van der Waals surface area (Å²) < 4.78 is 61.1. The second-order valence-electron chi connectivity index (χ2n) is 25.8. The van der Waals surface area contributed by atoms with Gasteiger partial charge in [0, 0.05) is 19.3 Å². The van der Waals surface area contributed by atoms with Gasteiger partial charge in [0.15, 0.2) is 6.10 Å². The molecule has 0 saturated carbocycles. The zero-order chi connectivity index (χ0) is 72.3. The van der Waals surface area contributed by atoms with Crippen LogP contribution in [0.3, 0.4) is 0 Å². The highest BCUT2D eigenvalue weighted by atomic mass is 31.2. The van der Waals surface area contributed by atoms with Crippen molar-refractivity contribution >= 4 is 33.6 Å². The Bertz CT molecular complexity index is 2290. The highest BCUT2D eigenvalue weighted by Crippen LogP contribution is 2.45. The number of ether oxygens (including phenoxy) is 3. The predicted molar refractivity (Wildman–Crippen MR) is 408 cm³/mol. The number of esters is 3. The molecule has 0 saturated heterocycles. The average Bonchev–Trinajstić information content (AvgIpc) is 1.37. The van der Waals surface area contributed by atoms with Crippen molar-refractivity contribution in [1.82, 2.24) is 0 Å². The fourth-order valence-electron chi connectivity index (χ4n) is 10.2. The Morgan fingerprint density at radius 2 is 0.535 bits per heavy atom. The molecule has 0 fully saturated rings. The van der Waals surface area contributed by atoms with Gasteiger partial charge in [-0.2, -0.15) is 0 Å². The normalized spacial score (nSPS) is 14.7. The summed E-state index contributed by atoms with van der Waals surface area (Å²) in [4.78, 5) is 58.6. The van der Waals surface area contributed by atoms with Crippen molar-refractivity contribution in [3.05, 3.63) is 122 Å². The van der Waals surface area contributed by atoms with Gasteiger partial charge in [0.05, 0.1) is 26.4 Å². The van der Waals surface area contributed by atoms with Crippen LogP contribution in [0.4, 0.5) is 0 Å². The summed E-state index contributed by atoms with van der Waals surface area (Å²) >= 11 is 0. The molecule has 0 spiro atoms. The number of aliphatic hydroxyl groups excluding tert-OH is 2. The molecular weight excluding hydrogens is 1290 g/mol. The maximum Gasteiger partial charge on any atom is 0.472 e. The second-order valence-corrected chi connectivity index (χ2v) is 28.7. The molecule has 4 N–H and O–H groups in total. The predicted octanol–water partition coefficient (Wildman–Crippen LogP) is 22.5. The minimum absolute atomic E-state index is 0.0918. The van der Waals surface area contributed by atoms with E-state index in [-0.39, 0.29) is 19.3 Å². The van der Waals surface area contributed by atoms with Gasteiger partial charge in [-0.05, 0) is 135 Å². The van der Waals surface area contributed by atoms with Gasteiger partial charge in [0.25, 0.3) is 0 Å².